The SMILES string of the molecule is CCCn1c2ccccc2c2nnc(SCc3csc(-c4ncccn4)n3)nc21. The van der Waals surface area contributed by atoms with Gasteiger partial charge < -0.3 is 4.57 Å². The van der Waals surface area contributed by atoms with Gasteiger partial charge in [0.05, 0.1) is 11.2 Å². The van der Waals surface area contributed by atoms with Gasteiger partial charge in [0.2, 0.25) is 5.16 Å². The fraction of sp³-hybridized carbons (Fsp3) is 0.200. The predicted octanol–water partition coefficient (Wildman–Crippen LogP) is 4.60. The van der Waals surface area contributed by atoms with Crippen LogP contribution in [0.3, 0.4) is 0 Å². The van der Waals surface area contributed by atoms with Crippen LogP contribution < -0.4 is 0 Å². The summed E-state index contributed by atoms with van der Waals surface area (Å²) in [6.45, 7) is 3.07. The molecule has 4 aromatic heterocycles. The second kappa shape index (κ2) is 7.84. The van der Waals surface area contributed by atoms with Crippen LogP contribution >= 0.6 is 23.1 Å². The van der Waals surface area contributed by atoms with Crippen molar-refractivity contribution in [2.24, 2.45) is 0 Å². The normalized spacial score (nSPS) is 11.5. The first-order valence-electron chi connectivity index (χ1n) is 9.29. The maximum atomic E-state index is 4.81. The van der Waals surface area contributed by atoms with Crippen LogP contribution in [0.4, 0.5) is 0 Å². The minimum Gasteiger partial charge on any atom is -0.324 e. The van der Waals surface area contributed by atoms with Gasteiger partial charge in [-0.15, -0.1) is 21.5 Å². The summed E-state index contributed by atoms with van der Waals surface area (Å²) in [5.74, 6) is 1.32. The highest BCUT2D eigenvalue weighted by Crippen LogP contribution is 2.29. The Morgan fingerprint density at radius 1 is 1.03 bits per heavy atom. The number of benzene rings is 1. The van der Waals surface area contributed by atoms with Crippen LogP contribution in [0.25, 0.3) is 32.9 Å². The molecule has 0 fully saturated rings. The van der Waals surface area contributed by atoms with Crippen molar-refractivity contribution in [2.45, 2.75) is 30.8 Å². The lowest BCUT2D eigenvalue weighted by Crippen LogP contribution is -2.00. The molecule has 0 radical (unpaired) electrons. The number of aryl methyl sites for hydroxylation is 1. The second-order valence-electron chi connectivity index (χ2n) is 6.44. The molecule has 4 heterocycles. The van der Waals surface area contributed by atoms with Crippen molar-refractivity contribution in [1.82, 2.24) is 34.7 Å². The molecule has 1 aromatic carbocycles. The summed E-state index contributed by atoms with van der Waals surface area (Å²) in [6.07, 6.45) is 4.48. The van der Waals surface area contributed by atoms with Gasteiger partial charge in [0, 0.05) is 35.5 Å². The molecule has 0 aliphatic rings. The van der Waals surface area contributed by atoms with Gasteiger partial charge in [0.1, 0.15) is 5.52 Å². The summed E-state index contributed by atoms with van der Waals surface area (Å²) >= 11 is 3.08. The van der Waals surface area contributed by atoms with Crippen molar-refractivity contribution < 1.29 is 0 Å². The third-order valence-corrected chi connectivity index (χ3v) is 6.22. The average molecular weight is 420 g/mol. The molecule has 5 rings (SSSR count). The van der Waals surface area contributed by atoms with E-state index in [0.29, 0.717) is 16.7 Å². The van der Waals surface area contributed by atoms with Crippen LogP contribution in [0, 0.1) is 0 Å². The maximum Gasteiger partial charge on any atom is 0.211 e. The molecule has 0 saturated carbocycles. The van der Waals surface area contributed by atoms with Crippen molar-refractivity contribution in [3.63, 3.8) is 0 Å². The first-order valence-corrected chi connectivity index (χ1v) is 11.2. The van der Waals surface area contributed by atoms with Crippen molar-refractivity contribution in [3.8, 4) is 10.8 Å². The van der Waals surface area contributed by atoms with E-state index in [0.717, 1.165) is 45.7 Å². The van der Waals surface area contributed by atoms with E-state index in [1.54, 1.807) is 29.8 Å². The van der Waals surface area contributed by atoms with Crippen molar-refractivity contribution in [3.05, 3.63) is 53.8 Å². The van der Waals surface area contributed by atoms with E-state index in [2.05, 4.69) is 48.8 Å². The molecule has 9 heteroatoms. The van der Waals surface area contributed by atoms with Gasteiger partial charge in [-0.2, -0.15) is 0 Å². The Kier molecular flexibility index (Phi) is 4.91. The molecule has 5 aromatic rings. The lowest BCUT2D eigenvalue weighted by atomic mass is 10.2. The summed E-state index contributed by atoms with van der Waals surface area (Å²) in [6, 6.07) is 10.1. The Balaban J connectivity index is 1.42. The molecule has 0 aliphatic carbocycles. The van der Waals surface area contributed by atoms with Crippen LogP contribution in [0.5, 0.6) is 0 Å². The van der Waals surface area contributed by atoms with Gasteiger partial charge in [0.15, 0.2) is 16.5 Å². The topological polar surface area (TPSA) is 82.3 Å². The van der Waals surface area contributed by atoms with Gasteiger partial charge in [0.25, 0.3) is 0 Å². The molecular formula is C20H17N7S2. The fourth-order valence-corrected chi connectivity index (χ4v) is 4.77. The summed E-state index contributed by atoms with van der Waals surface area (Å²) < 4.78 is 2.23. The Morgan fingerprint density at radius 2 is 1.90 bits per heavy atom. The molecule has 0 aliphatic heterocycles. The van der Waals surface area contributed by atoms with Gasteiger partial charge in [-0.3, -0.25) is 0 Å². The number of hydrogen-bond donors (Lipinski definition) is 0. The van der Waals surface area contributed by atoms with E-state index < -0.39 is 0 Å². The number of aromatic nitrogens is 7. The zero-order valence-electron chi connectivity index (χ0n) is 15.7. The fourth-order valence-electron chi connectivity index (χ4n) is 3.22. The second-order valence-corrected chi connectivity index (χ2v) is 8.24. The van der Waals surface area contributed by atoms with E-state index in [-0.39, 0.29) is 0 Å². The van der Waals surface area contributed by atoms with Gasteiger partial charge in [-0.05, 0) is 18.6 Å². The molecule has 144 valence electrons. The zero-order chi connectivity index (χ0) is 19.6. The summed E-state index contributed by atoms with van der Waals surface area (Å²) in [7, 11) is 0. The monoisotopic (exact) mass is 419 g/mol. The first kappa shape index (κ1) is 18.1. The number of thioether (sulfide) groups is 1. The number of fused-ring (bicyclic) bond motifs is 3. The standard InChI is InChI=1S/C20H17N7S2/c1-2-10-27-15-7-4-3-6-14(15)16-18(27)24-20(26-25-16)29-12-13-11-28-19(23-13)17-21-8-5-9-22-17/h3-9,11H,2,10,12H2,1H3. The molecule has 0 spiro atoms. The summed E-state index contributed by atoms with van der Waals surface area (Å²) in [4.78, 5) is 18.0. The Labute approximate surface area is 175 Å². The van der Waals surface area contributed by atoms with Crippen LogP contribution in [0.1, 0.15) is 19.0 Å². The van der Waals surface area contributed by atoms with E-state index in [1.807, 2.05) is 17.5 Å². The number of nitrogens with zero attached hydrogens (tertiary/aromatic N) is 7. The van der Waals surface area contributed by atoms with Crippen molar-refractivity contribution in [2.75, 3.05) is 0 Å². The highest BCUT2D eigenvalue weighted by Gasteiger charge is 2.15. The lowest BCUT2D eigenvalue weighted by Gasteiger charge is -2.04. The molecule has 0 bridgehead atoms. The minimum atomic E-state index is 0.650. The van der Waals surface area contributed by atoms with Gasteiger partial charge >= 0.3 is 0 Å². The van der Waals surface area contributed by atoms with Gasteiger partial charge in [-0.25, -0.2) is 19.9 Å². The highest BCUT2D eigenvalue weighted by atomic mass is 32.2. The smallest absolute Gasteiger partial charge is 0.211 e. The Bertz CT molecular complexity index is 1280. The quantitative estimate of drug-likeness (QED) is 0.372. The molecule has 0 N–H and O–H groups in total. The Hall–Kier alpha value is -2.91. The third-order valence-electron chi connectivity index (χ3n) is 4.46. The predicted molar refractivity (Wildman–Crippen MR) is 116 cm³/mol. The molecule has 0 atom stereocenters. The van der Waals surface area contributed by atoms with Crippen molar-refractivity contribution >= 4 is 45.2 Å². The number of thiazole rings is 1. The minimum absolute atomic E-state index is 0.650. The number of hydrogen-bond acceptors (Lipinski definition) is 8. The maximum absolute atomic E-state index is 4.81. The van der Waals surface area contributed by atoms with E-state index in [1.165, 1.54) is 11.8 Å². The molecule has 0 amide bonds. The summed E-state index contributed by atoms with van der Waals surface area (Å²) in [5.41, 5.74) is 3.86. The molecule has 0 unspecified atom stereocenters. The average Bonchev–Trinajstić information content (AvgIpc) is 3.37. The lowest BCUT2D eigenvalue weighted by molar-refractivity contribution is 0.709. The third kappa shape index (κ3) is 3.47. The van der Waals surface area contributed by atoms with Crippen LogP contribution in [-0.4, -0.2) is 34.7 Å². The largest absolute Gasteiger partial charge is 0.324 e. The summed E-state index contributed by atoms with van der Waals surface area (Å²) in [5, 5.41) is 13.4. The highest BCUT2D eigenvalue weighted by molar-refractivity contribution is 7.98. The number of rotatable bonds is 6. The molecular weight excluding hydrogens is 402 g/mol. The molecule has 29 heavy (non-hydrogen) atoms. The van der Waals surface area contributed by atoms with E-state index >= 15 is 0 Å². The van der Waals surface area contributed by atoms with E-state index in [4.69, 9.17) is 4.98 Å². The van der Waals surface area contributed by atoms with Crippen LogP contribution in [0.15, 0.2) is 53.3 Å². The van der Waals surface area contributed by atoms with Crippen LogP contribution in [0.2, 0.25) is 0 Å². The Morgan fingerprint density at radius 3 is 2.76 bits per heavy atom. The van der Waals surface area contributed by atoms with Crippen molar-refractivity contribution in [1.29, 1.82) is 0 Å². The van der Waals surface area contributed by atoms with E-state index in [9.17, 15) is 0 Å². The van der Waals surface area contributed by atoms with Crippen LogP contribution in [-0.2, 0) is 12.3 Å². The molecule has 0 saturated heterocycles. The number of para-hydroxylation sites is 1. The first-order chi connectivity index (χ1) is 14.3. The van der Waals surface area contributed by atoms with Gasteiger partial charge in [-0.1, -0.05) is 36.9 Å². The zero-order valence-corrected chi connectivity index (χ0v) is 17.3. The molecule has 7 nitrogen and oxygen atoms in total.